The van der Waals surface area contributed by atoms with Crippen molar-refractivity contribution < 1.29 is 41.4 Å². The minimum Gasteiger partial charge on any atom is -0.491 e. The minimum absolute atomic E-state index is 0.00579. The number of alkyl halides is 3. The van der Waals surface area contributed by atoms with Crippen molar-refractivity contribution >= 4 is 17.6 Å². The van der Waals surface area contributed by atoms with E-state index in [4.69, 9.17) is 10.5 Å². The zero-order valence-corrected chi connectivity index (χ0v) is 18.7. The maximum Gasteiger partial charge on any atom is 0.573 e. The van der Waals surface area contributed by atoms with Gasteiger partial charge in [-0.2, -0.15) is 0 Å². The summed E-state index contributed by atoms with van der Waals surface area (Å²) in [6, 6.07) is 10.0. The second-order valence-electron chi connectivity index (χ2n) is 7.79. The van der Waals surface area contributed by atoms with Crippen LogP contribution in [0.25, 0.3) is 0 Å². The van der Waals surface area contributed by atoms with Crippen LogP contribution in [0.1, 0.15) is 38.4 Å². The molecule has 1 aromatic heterocycles. The number of amides is 1. The smallest absolute Gasteiger partial charge is 0.491 e. The van der Waals surface area contributed by atoms with Gasteiger partial charge in [-0.05, 0) is 48.0 Å². The number of esters is 1. The number of nitrogens with two attached hydrogens (primary N) is 1. The summed E-state index contributed by atoms with van der Waals surface area (Å²) < 4.78 is 66.6. The molecule has 3 N–H and O–H groups in total. The van der Waals surface area contributed by atoms with Gasteiger partial charge in [0.25, 0.3) is 5.91 Å². The zero-order chi connectivity index (χ0) is 26.1. The van der Waals surface area contributed by atoms with E-state index in [-0.39, 0.29) is 41.1 Å². The molecule has 0 bridgehead atoms. The van der Waals surface area contributed by atoms with Gasteiger partial charge in [0.1, 0.15) is 17.0 Å². The van der Waals surface area contributed by atoms with E-state index in [0.29, 0.717) is 5.75 Å². The Morgan fingerprint density at radius 3 is 2.61 bits per heavy atom. The first-order valence-corrected chi connectivity index (χ1v) is 10.5. The topological polar surface area (TPSA) is 113 Å². The fourth-order valence-corrected chi connectivity index (χ4v) is 3.97. The Labute approximate surface area is 202 Å². The van der Waals surface area contributed by atoms with Crippen LogP contribution in [0.4, 0.5) is 23.2 Å². The Hall–Kier alpha value is -4.35. The van der Waals surface area contributed by atoms with Gasteiger partial charge < -0.3 is 25.3 Å². The number of nitrogen functional groups attached to an aromatic ring is 1. The van der Waals surface area contributed by atoms with Crippen LogP contribution in [-0.4, -0.2) is 36.9 Å². The van der Waals surface area contributed by atoms with E-state index in [0.717, 1.165) is 12.1 Å². The number of benzene rings is 2. The Morgan fingerprint density at radius 2 is 1.94 bits per heavy atom. The second-order valence-corrected chi connectivity index (χ2v) is 7.79. The van der Waals surface area contributed by atoms with E-state index in [1.807, 2.05) is 0 Å². The van der Waals surface area contributed by atoms with Crippen molar-refractivity contribution in [3.05, 3.63) is 82.9 Å². The number of rotatable bonds is 5. The van der Waals surface area contributed by atoms with Crippen LogP contribution in [0, 0.1) is 5.82 Å². The second kappa shape index (κ2) is 9.36. The van der Waals surface area contributed by atoms with Gasteiger partial charge in [0.05, 0.1) is 19.3 Å². The first-order valence-electron chi connectivity index (χ1n) is 10.5. The normalized spacial score (nSPS) is 16.9. The molecule has 188 valence electrons. The SMILES string of the molecule is COC(=O)c1ccc(C(=O)NC2(c3ccc(OC(F)(F)F)c(F)c3)CCOc3cccnc32)cc1N. The van der Waals surface area contributed by atoms with Crippen LogP contribution in [0.3, 0.4) is 0 Å². The number of methoxy groups -OCH3 is 1. The van der Waals surface area contributed by atoms with Gasteiger partial charge in [-0.1, -0.05) is 6.07 Å². The Balaban J connectivity index is 1.78. The summed E-state index contributed by atoms with van der Waals surface area (Å²) in [6.07, 6.45) is -3.57. The van der Waals surface area contributed by atoms with Gasteiger partial charge in [-0.15, -0.1) is 13.2 Å². The number of halogens is 4. The third kappa shape index (κ3) is 4.74. The van der Waals surface area contributed by atoms with Crippen LogP contribution in [0.2, 0.25) is 0 Å². The molecule has 1 amide bonds. The summed E-state index contributed by atoms with van der Waals surface area (Å²) in [7, 11) is 1.19. The molecule has 0 saturated carbocycles. The molecule has 2 heterocycles. The summed E-state index contributed by atoms with van der Waals surface area (Å²) in [5.74, 6) is -3.34. The van der Waals surface area contributed by atoms with Crippen LogP contribution in [0.15, 0.2) is 54.7 Å². The maximum absolute atomic E-state index is 14.7. The van der Waals surface area contributed by atoms with Gasteiger partial charge in [-0.25, -0.2) is 9.18 Å². The van der Waals surface area contributed by atoms with E-state index < -0.39 is 35.3 Å². The number of carbonyl (C=O) groups is 2. The molecule has 1 aliphatic rings. The van der Waals surface area contributed by atoms with Gasteiger partial charge in [0.2, 0.25) is 0 Å². The van der Waals surface area contributed by atoms with Gasteiger partial charge in [0.15, 0.2) is 11.6 Å². The molecule has 2 aromatic carbocycles. The minimum atomic E-state index is -5.09. The van der Waals surface area contributed by atoms with E-state index in [2.05, 4.69) is 19.8 Å². The molecule has 0 saturated heterocycles. The lowest BCUT2D eigenvalue weighted by Gasteiger charge is -2.39. The molecular weight excluding hydrogens is 486 g/mol. The van der Waals surface area contributed by atoms with Crippen molar-refractivity contribution in [1.29, 1.82) is 0 Å². The molecule has 12 heteroatoms. The third-order valence-corrected chi connectivity index (χ3v) is 5.61. The monoisotopic (exact) mass is 505 g/mol. The Kier molecular flexibility index (Phi) is 6.44. The molecule has 8 nitrogen and oxygen atoms in total. The molecular formula is C24H19F4N3O5. The standard InChI is InChI=1S/C24H19F4N3O5/c1-34-22(33)15-6-4-13(11-17(15)29)21(32)31-23(8-10-35-19-3-2-9-30-20(19)23)14-5-7-18(16(25)12-14)36-24(26,27)28/h2-7,9,11-12H,8,10,29H2,1H3,(H,31,32). The Morgan fingerprint density at radius 1 is 1.17 bits per heavy atom. The highest BCUT2D eigenvalue weighted by Gasteiger charge is 2.43. The molecule has 0 aliphatic carbocycles. The number of pyridine rings is 1. The molecule has 0 fully saturated rings. The summed E-state index contributed by atoms with van der Waals surface area (Å²) >= 11 is 0. The number of hydrogen-bond donors (Lipinski definition) is 2. The summed E-state index contributed by atoms with van der Waals surface area (Å²) in [5.41, 5.74) is 4.90. The van der Waals surface area contributed by atoms with Crippen molar-refractivity contribution in [3.8, 4) is 11.5 Å². The van der Waals surface area contributed by atoms with Crippen LogP contribution < -0.4 is 20.5 Å². The lowest BCUT2D eigenvalue weighted by Crippen LogP contribution is -2.50. The molecule has 1 unspecified atom stereocenters. The average molecular weight is 505 g/mol. The van der Waals surface area contributed by atoms with Crippen molar-refractivity contribution in [2.45, 2.75) is 18.3 Å². The first kappa shape index (κ1) is 24.8. The van der Waals surface area contributed by atoms with Crippen molar-refractivity contribution in [1.82, 2.24) is 10.3 Å². The number of fused-ring (bicyclic) bond motifs is 1. The maximum atomic E-state index is 14.7. The molecule has 1 aliphatic heterocycles. The fraction of sp³-hybridized carbons (Fsp3) is 0.208. The molecule has 3 aromatic rings. The van der Waals surface area contributed by atoms with Crippen LogP contribution >= 0.6 is 0 Å². The molecule has 4 rings (SSSR count). The fourth-order valence-electron chi connectivity index (χ4n) is 3.97. The van der Waals surface area contributed by atoms with Crippen molar-refractivity contribution in [3.63, 3.8) is 0 Å². The van der Waals surface area contributed by atoms with Crippen molar-refractivity contribution in [2.24, 2.45) is 0 Å². The molecule has 1 atom stereocenters. The van der Waals surface area contributed by atoms with Gasteiger partial charge in [0, 0.05) is 23.9 Å². The van der Waals surface area contributed by atoms with E-state index in [9.17, 15) is 27.2 Å². The summed E-state index contributed by atoms with van der Waals surface area (Å²) in [5, 5.41) is 2.82. The quantitative estimate of drug-likeness (QED) is 0.307. The average Bonchev–Trinajstić information content (AvgIpc) is 2.84. The predicted octanol–water partition coefficient (Wildman–Crippen LogP) is 3.94. The number of carbonyl (C=O) groups excluding carboxylic acids is 2. The van der Waals surface area contributed by atoms with E-state index >= 15 is 0 Å². The highest BCUT2D eigenvalue weighted by molar-refractivity contribution is 6.00. The van der Waals surface area contributed by atoms with Gasteiger partial charge >= 0.3 is 12.3 Å². The lowest BCUT2D eigenvalue weighted by atomic mass is 9.81. The predicted molar refractivity (Wildman–Crippen MR) is 118 cm³/mol. The van der Waals surface area contributed by atoms with Crippen LogP contribution in [-0.2, 0) is 10.3 Å². The summed E-state index contributed by atoms with van der Waals surface area (Å²) in [6.45, 7) is 0.0881. The van der Waals surface area contributed by atoms with E-state index in [1.165, 1.54) is 37.6 Å². The third-order valence-electron chi connectivity index (χ3n) is 5.61. The van der Waals surface area contributed by atoms with Crippen LogP contribution in [0.5, 0.6) is 11.5 Å². The number of aromatic nitrogens is 1. The number of ether oxygens (including phenoxy) is 3. The summed E-state index contributed by atoms with van der Waals surface area (Å²) in [4.78, 5) is 29.4. The molecule has 0 radical (unpaired) electrons. The van der Waals surface area contributed by atoms with E-state index in [1.54, 1.807) is 12.1 Å². The highest BCUT2D eigenvalue weighted by Crippen LogP contribution is 2.42. The lowest BCUT2D eigenvalue weighted by molar-refractivity contribution is -0.275. The zero-order valence-electron chi connectivity index (χ0n) is 18.7. The largest absolute Gasteiger partial charge is 0.573 e. The molecule has 0 spiro atoms. The molecule has 36 heavy (non-hydrogen) atoms. The number of nitrogens with zero attached hydrogens (tertiary/aromatic N) is 1. The van der Waals surface area contributed by atoms with Crippen molar-refractivity contribution in [2.75, 3.05) is 19.5 Å². The number of hydrogen-bond acceptors (Lipinski definition) is 7. The highest BCUT2D eigenvalue weighted by atomic mass is 19.4. The number of nitrogens with one attached hydrogen (secondary N) is 1. The van der Waals surface area contributed by atoms with Gasteiger partial charge in [-0.3, -0.25) is 9.78 Å². The number of anilines is 1. The first-order chi connectivity index (χ1) is 17.0. The Bertz CT molecular complexity index is 1330.